The van der Waals surface area contributed by atoms with Gasteiger partial charge in [0.1, 0.15) is 11.4 Å². The Morgan fingerprint density at radius 2 is 1.95 bits per heavy atom. The average Bonchev–Trinajstić information content (AvgIpc) is 3.28. The molecular weight excluding hydrogens is 532 g/mol. The fraction of sp³-hybridized carbons (Fsp3) is 0.500. The number of H-pyrrole nitrogens is 1. The van der Waals surface area contributed by atoms with Crippen LogP contribution < -0.4 is 9.46 Å². The number of carbonyl (C=O) groups excluding carboxylic acids is 1. The third kappa shape index (κ3) is 9.07. The number of hydrogen-bond acceptors (Lipinski definition) is 6. The molecule has 39 heavy (non-hydrogen) atoms. The number of hydrogen-bond donors (Lipinski definition) is 2. The maximum Gasteiger partial charge on any atom is 0.410 e. The Balaban J connectivity index is 1.08. The zero-order valence-electron chi connectivity index (χ0n) is 23.5. The zero-order chi connectivity index (χ0) is 27.8. The highest BCUT2D eigenvalue weighted by Gasteiger charge is 2.30. The summed E-state index contributed by atoms with van der Waals surface area (Å²) in [6.45, 7) is 12.8. The van der Waals surface area contributed by atoms with Crippen LogP contribution in [-0.4, -0.2) is 71.9 Å². The molecule has 1 fully saturated rings. The first-order valence-corrected chi connectivity index (χ1v) is 15.0. The number of halogens is 1. The van der Waals surface area contributed by atoms with Crippen molar-refractivity contribution in [3.63, 3.8) is 0 Å². The molecule has 1 aromatic heterocycles. The molecule has 1 saturated heterocycles. The summed E-state index contributed by atoms with van der Waals surface area (Å²) >= 11 is 7.80. The molecule has 0 bridgehead atoms. The fourth-order valence-corrected chi connectivity index (χ4v) is 5.61. The molecule has 2 aromatic carbocycles. The van der Waals surface area contributed by atoms with Gasteiger partial charge in [-0.2, -0.15) is 0 Å². The summed E-state index contributed by atoms with van der Waals surface area (Å²) in [6, 6.07) is 14.4. The third-order valence-corrected chi connectivity index (χ3v) is 7.79. The summed E-state index contributed by atoms with van der Waals surface area (Å²) in [5.41, 5.74) is 1.97. The van der Waals surface area contributed by atoms with E-state index in [1.54, 1.807) is 11.9 Å². The summed E-state index contributed by atoms with van der Waals surface area (Å²) in [5, 5.41) is 1.98. The lowest BCUT2D eigenvalue weighted by Crippen LogP contribution is -2.55. The van der Waals surface area contributed by atoms with Gasteiger partial charge in [0.25, 0.3) is 0 Å². The van der Waals surface area contributed by atoms with E-state index < -0.39 is 5.60 Å². The molecule has 1 aliphatic rings. The van der Waals surface area contributed by atoms with E-state index >= 15 is 0 Å². The van der Waals surface area contributed by atoms with Gasteiger partial charge in [-0.15, -0.1) is 0 Å². The monoisotopic (exact) mass is 572 g/mol. The lowest BCUT2D eigenvalue weighted by molar-refractivity contribution is 0.00105. The Kier molecular flexibility index (Phi) is 10.5. The van der Waals surface area contributed by atoms with Crippen molar-refractivity contribution in [2.24, 2.45) is 0 Å². The summed E-state index contributed by atoms with van der Waals surface area (Å²) in [6.07, 6.45) is 4.85. The number of nitrogens with one attached hydrogen (secondary N) is 2. The molecule has 4 rings (SSSR count). The Morgan fingerprint density at radius 1 is 1.15 bits per heavy atom. The molecule has 0 aliphatic carbocycles. The number of aryl methyl sites for hydroxylation is 1. The predicted molar refractivity (Wildman–Crippen MR) is 161 cm³/mol. The molecular formula is C30H41ClN4O3S. The predicted octanol–water partition coefficient (Wildman–Crippen LogP) is 6.76. The van der Waals surface area contributed by atoms with Crippen LogP contribution in [0.2, 0.25) is 5.02 Å². The van der Waals surface area contributed by atoms with E-state index in [9.17, 15) is 4.79 Å². The zero-order valence-corrected chi connectivity index (χ0v) is 25.0. The smallest absolute Gasteiger partial charge is 0.410 e. The van der Waals surface area contributed by atoms with Crippen molar-refractivity contribution < 1.29 is 14.3 Å². The van der Waals surface area contributed by atoms with Gasteiger partial charge in [0.15, 0.2) is 0 Å². The standard InChI is InChI=1S/C30H41ClN4O3S/c1-22-21-34(16-17-35(22)29(36)38-30(2,3)4)15-6-18-37-25-9-11-26(12-10-25)39-33-14-5-7-23-20-32-28-13-8-24(31)19-27(23)28/h8-13,19-20,22,32-33H,5-7,14-18,21H2,1-4H3. The van der Waals surface area contributed by atoms with Crippen molar-refractivity contribution in [2.45, 2.75) is 63.5 Å². The van der Waals surface area contributed by atoms with Gasteiger partial charge in [-0.25, -0.2) is 4.79 Å². The number of carbonyl (C=O) groups is 1. The van der Waals surface area contributed by atoms with E-state index in [0.717, 1.165) is 66.6 Å². The van der Waals surface area contributed by atoms with Crippen LogP contribution in [-0.2, 0) is 11.2 Å². The van der Waals surface area contributed by atoms with E-state index in [-0.39, 0.29) is 12.1 Å². The molecule has 0 spiro atoms. The van der Waals surface area contributed by atoms with E-state index in [4.69, 9.17) is 21.1 Å². The molecule has 9 heteroatoms. The van der Waals surface area contributed by atoms with Crippen molar-refractivity contribution in [1.29, 1.82) is 0 Å². The van der Waals surface area contributed by atoms with E-state index in [1.165, 1.54) is 10.9 Å². The molecule has 212 valence electrons. The normalized spacial score (nSPS) is 16.5. The number of rotatable bonds is 11. The van der Waals surface area contributed by atoms with Crippen molar-refractivity contribution >= 4 is 40.5 Å². The number of fused-ring (bicyclic) bond motifs is 1. The van der Waals surface area contributed by atoms with Gasteiger partial charge in [-0.3, -0.25) is 9.62 Å². The van der Waals surface area contributed by atoms with Crippen molar-refractivity contribution in [2.75, 3.05) is 39.3 Å². The quantitative estimate of drug-likeness (QED) is 0.195. The second kappa shape index (κ2) is 13.8. The van der Waals surface area contributed by atoms with Crippen LogP contribution in [0, 0.1) is 0 Å². The molecule has 1 atom stereocenters. The van der Waals surface area contributed by atoms with Crippen LogP contribution in [0.25, 0.3) is 10.9 Å². The Morgan fingerprint density at radius 3 is 2.69 bits per heavy atom. The number of aromatic amines is 1. The second-order valence-corrected chi connectivity index (χ2v) is 12.5. The van der Waals surface area contributed by atoms with E-state index in [2.05, 4.69) is 39.9 Å². The fourth-order valence-electron chi connectivity index (χ4n) is 4.75. The number of ether oxygens (including phenoxy) is 2. The van der Waals surface area contributed by atoms with Crippen molar-refractivity contribution in [1.82, 2.24) is 19.5 Å². The third-order valence-electron chi connectivity index (χ3n) is 6.70. The number of amides is 1. The van der Waals surface area contributed by atoms with Gasteiger partial charge in [-0.1, -0.05) is 11.6 Å². The largest absolute Gasteiger partial charge is 0.494 e. The molecule has 1 amide bonds. The number of aromatic nitrogens is 1. The lowest BCUT2D eigenvalue weighted by Gasteiger charge is -2.40. The first kappa shape index (κ1) is 29.6. The van der Waals surface area contributed by atoms with Crippen LogP contribution in [0.4, 0.5) is 4.79 Å². The molecule has 3 aromatic rings. The topological polar surface area (TPSA) is 69.8 Å². The molecule has 7 nitrogen and oxygen atoms in total. The van der Waals surface area contributed by atoms with Crippen molar-refractivity contribution in [3.8, 4) is 5.75 Å². The van der Waals surface area contributed by atoms with E-state index in [1.807, 2.05) is 56.0 Å². The van der Waals surface area contributed by atoms with Gasteiger partial charge in [0, 0.05) is 65.8 Å². The van der Waals surface area contributed by atoms with Gasteiger partial charge < -0.3 is 19.4 Å². The minimum Gasteiger partial charge on any atom is -0.494 e. The van der Waals surface area contributed by atoms with Crippen LogP contribution in [0.1, 0.15) is 46.1 Å². The van der Waals surface area contributed by atoms with Gasteiger partial charge >= 0.3 is 6.09 Å². The summed E-state index contributed by atoms with van der Waals surface area (Å²) in [5.74, 6) is 0.889. The summed E-state index contributed by atoms with van der Waals surface area (Å²) in [7, 11) is 0. The van der Waals surface area contributed by atoms with E-state index in [0.29, 0.717) is 13.2 Å². The first-order valence-electron chi connectivity index (χ1n) is 13.8. The lowest BCUT2D eigenvalue weighted by atomic mass is 10.1. The van der Waals surface area contributed by atoms with Crippen LogP contribution in [0.3, 0.4) is 0 Å². The first-order chi connectivity index (χ1) is 18.7. The molecule has 1 unspecified atom stereocenters. The summed E-state index contributed by atoms with van der Waals surface area (Å²) in [4.78, 5) is 21.1. The van der Waals surface area contributed by atoms with Crippen molar-refractivity contribution in [3.05, 3.63) is 59.2 Å². The number of benzene rings is 2. The Hall–Kier alpha value is -2.39. The maximum atomic E-state index is 12.4. The average molecular weight is 573 g/mol. The second-order valence-electron chi connectivity index (χ2n) is 11.1. The number of nitrogens with zero attached hydrogens (tertiary/aromatic N) is 2. The van der Waals surface area contributed by atoms with Gasteiger partial charge in [0.05, 0.1) is 6.61 Å². The molecule has 0 radical (unpaired) electrons. The van der Waals surface area contributed by atoms with Crippen LogP contribution in [0.15, 0.2) is 53.6 Å². The van der Waals surface area contributed by atoms with Gasteiger partial charge in [-0.05, 0) is 107 Å². The minimum atomic E-state index is -0.465. The SMILES string of the molecule is CC1CN(CCCOc2ccc(SNCCCc3c[nH]c4ccc(Cl)cc34)cc2)CCN1C(=O)OC(C)(C)C. The molecule has 0 saturated carbocycles. The highest BCUT2D eigenvalue weighted by atomic mass is 35.5. The molecule has 2 heterocycles. The highest BCUT2D eigenvalue weighted by molar-refractivity contribution is 7.97. The summed E-state index contributed by atoms with van der Waals surface area (Å²) < 4.78 is 15.0. The highest BCUT2D eigenvalue weighted by Crippen LogP contribution is 2.24. The Labute approximate surface area is 241 Å². The molecule has 1 aliphatic heterocycles. The van der Waals surface area contributed by atoms with Crippen LogP contribution in [0.5, 0.6) is 5.75 Å². The maximum absolute atomic E-state index is 12.4. The number of piperazine rings is 1. The van der Waals surface area contributed by atoms with Crippen LogP contribution >= 0.6 is 23.5 Å². The Bertz CT molecular complexity index is 1210. The van der Waals surface area contributed by atoms with Gasteiger partial charge in [0.2, 0.25) is 0 Å². The molecule has 2 N–H and O–H groups in total. The minimum absolute atomic E-state index is 0.140.